The Balaban J connectivity index is 1.22. The molecular formula is C25H30O3. The molecule has 1 aliphatic carbocycles. The second-order valence-electron chi connectivity index (χ2n) is 8.63. The molecule has 0 N–H and O–H groups in total. The predicted molar refractivity (Wildman–Crippen MR) is 112 cm³/mol. The molecule has 4 rings (SSSR count). The lowest BCUT2D eigenvalue weighted by atomic mass is 9.90. The first kappa shape index (κ1) is 19.4. The Bertz CT molecular complexity index is 805. The van der Waals surface area contributed by atoms with Gasteiger partial charge in [0.15, 0.2) is 0 Å². The van der Waals surface area contributed by atoms with Crippen molar-refractivity contribution in [3.63, 3.8) is 0 Å². The van der Waals surface area contributed by atoms with Crippen LogP contribution in [0.25, 0.3) is 6.08 Å². The van der Waals surface area contributed by atoms with Crippen LogP contribution >= 0.6 is 0 Å². The van der Waals surface area contributed by atoms with Gasteiger partial charge in [-0.05, 0) is 46.6 Å². The largest absolute Gasteiger partial charge is 0.380 e. The van der Waals surface area contributed by atoms with Crippen LogP contribution in [0.4, 0.5) is 0 Å². The van der Waals surface area contributed by atoms with Gasteiger partial charge in [0.2, 0.25) is 0 Å². The first-order valence-corrected chi connectivity index (χ1v) is 10.2. The predicted octanol–water partition coefficient (Wildman–Crippen LogP) is 4.81. The van der Waals surface area contributed by atoms with Gasteiger partial charge < -0.3 is 14.2 Å². The minimum absolute atomic E-state index is 0.213. The Morgan fingerprint density at radius 2 is 1.71 bits per heavy atom. The van der Waals surface area contributed by atoms with Crippen molar-refractivity contribution in [1.82, 2.24) is 0 Å². The Morgan fingerprint density at radius 3 is 2.43 bits per heavy atom. The molecule has 0 amide bonds. The zero-order valence-electron chi connectivity index (χ0n) is 16.8. The molecule has 1 fully saturated rings. The van der Waals surface area contributed by atoms with Gasteiger partial charge in [-0.25, -0.2) is 0 Å². The summed E-state index contributed by atoms with van der Waals surface area (Å²) in [5.41, 5.74) is 6.77. The second-order valence-corrected chi connectivity index (χ2v) is 8.63. The van der Waals surface area contributed by atoms with Crippen LogP contribution in [0, 0.1) is 11.3 Å². The highest BCUT2D eigenvalue weighted by Gasteiger charge is 2.33. The summed E-state index contributed by atoms with van der Waals surface area (Å²) >= 11 is 0. The van der Waals surface area contributed by atoms with Crippen molar-refractivity contribution < 1.29 is 14.2 Å². The molecule has 28 heavy (non-hydrogen) atoms. The molecule has 0 spiro atoms. The first-order chi connectivity index (χ1) is 13.6. The quantitative estimate of drug-likeness (QED) is 0.626. The molecule has 0 bridgehead atoms. The standard InChI is InChI=1S/C25H30O3/c1-3-19-4-6-20(7-5-19)13-26-15-22-11-23-9-8-21(10-24(23)12-22)14-27-16-25(2)17-28-18-25/h3-10,22H,1,11-18H2,2H3. The Labute approximate surface area is 168 Å². The van der Waals surface area contributed by atoms with Gasteiger partial charge >= 0.3 is 0 Å². The van der Waals surface area contributed by atoms with Crippen molar-refractivity contribution in [3.8, 4) is 0 Å². The smallest absolute Gasteiger partial charge is 0.0717 e. The summed E-state index contributed by atoms with van der Waals surface area (Å²) in [7, 11) is 0. The lowest BCUT2D eigenvalue weighted by molar-refractivity contribution is -0.140. The van der Waals surface area contributed by atoms with E-state index in [1.54, 1.807) is 0 Å². The number of fused-ring (bicyclic) bond motifs is 1. The van der Waals surface area contributed by atoms with E-state index in [9.17, 15) is 0 Å². The summed E-state index contributed by atoms with van der Waals surface area (Å²) in [4.78, 5) is 0. The molecule has 2 aromatic rings. The lowest BCUT2D eigenvalue weighted by Crippen LogP contribution is -2.43. The van der Waals surface area contributed by atoms with Gasteiger partial charge in [0.05, 0.1) is 39.6 Å². The van der Waals surface area contributed by atoms with Crippen LogP contribution in [0.3, 0.4) is 0 Å². The maximum Gasteiger partial charge on any atom is 0.0717 e. The molecular weight excluding hydrogens is 348 g/mol. The van der Waals surface area contributed by atoms with E-state index in [2.05, 4.69) is 56.0 Å². The number of benzene rings is 2. The Kier molecular flexibility index (Phi) is 5.96. The van der Waals surface area contributed by atoms with Crippen LogP contribution < -0.4 is 0 Å². The van der Waals surface area contributed by atoms with E-state index in [0.717, 1.165) is 44.8 Å². The lowest BCUT2D eigenvalue weighted by Gasteiger charge is -2.37. The molecule has 2 aliphatic rings. The minimum atomic E-state index is 0.213. The zero-order chi connectivity index (χ0) is 19.4. The normalized spacial score (nSPS) is 19.8. The van der Waals surface area contributed by atoms with Crippen molar-refractivity contribution in [1.29, 1.82) is 0 Å². The fourth-order valence-electron chi connectivity index (χ4n) is 4.01. The van der Waals surface area contributed by atoms with Crippen LogP contribution in [0.2, 0.25) is 0 Å². The molecule has 0 aromatic heterocycles. The van der Waals surface area contributed by atoms with Gasteiger partial charge in [-0.15, -0.1) is 0 Å². The minimum Gasteiger partial charge on any atom is -0.380 e. The van der Waals surface area contributed by atoms with Crippen LogP contribution in [0.5, 0.6) is 0 Å². The van der Waals surface area contributed by atoms with Crippen molar-refractivity contribution in [2.24, 2.45) is 11.3 Å². The number of hydrogen-bond donors (Lipinski definition) is 0. The van der Waals surface area contributed by atoms with E-state index in [0.29, 0.717) is 19.1 Å². The van der Waals surface area contributed by atoms with Crippen LogP contribution in [-0.4, -0.2) is 26.4 Å². The third-order valence-corrected chi connectivity index (χ3v) is 5.75. The number of ether oxygens (including phenoxy) is 3. The number of rotatable bonds is 9. The topological polar surface area (TPSA) is 27.7 Å². The third-order valence-electron chi connectivity index (χ3n) is 5.75. The highest BCUT2D eigenvalue weighted by Crippen LogP contribution is 2.29. The molecule has 1 saturated heterocycles. The van der Waals surface area contributed by atoms with Gasteiger partial charge in [-0.2, -0.15) is 0 Å². The summed E-state index contributed by atoms with van der Waals surface area (Å²) in [6, 6.07) is 15.2. The highest BCUT2D eigenvalue weighted by molar-refractivity contribution is 5.47. The van der Waals surface area contributed by atoms with Gasteiger partial charge in [-0.3, -0.25) is 0 Å². The Morgan fingerprint density at radius 1 is 1.00 bits per heavy atom. The Hall–Kier alpha value is -1.94. The molecule has 2 aromatic carbocycles. The highest BCUT2D eigenvalue weighted by atomic mass is 16.5. The second kappa shape index (κ2) is 8.60. The molecule has 3 nitrogen and oxygen atoms in total. The van der Waals surface area contributed by atoms with Gasteiger partial charge in [0.1, 0.15) is 0 Å². The fourth-order valence-corrected chi connectivity index (χ4v) is 4.01. The van der Waals surface area contributed by atoms with E-state index in [1.165, 1.54) is 22.3 Å². The first-order valence-electron chi connectivity index (χ1n) is 10.2. The third kappa shape index (κ3) is 4.72. The van der Waals surface area contributed by atoms with E-state index in [4.69, 9.17) is 14.2 Å². The van der Waals surface area contributed by atoms with Gasteiger partial charge in [0.25, 0.3) is 0 Å². The molecule has 0 radical (unpaired) electrons. The maximum atomic E-state index is 6.00. The van der Waals surface area contributed by atoms with Crippen molar-refractivity contribution >= 4 is 6.08 Å². The molecule has 1 heterocycles. The van der Waals surface area contributed by atoms with E-state index in [-0.39, 0.29) is 5.41 Å². The van der Waals surface area contributed by atoms with Crippen molar-refractivity contribution in [2.75, 3.05) is 26.4 Å². The van der Waals surface area contributed by atoms with Crippen LogP contribution in [0.1, 0.15) is 34.7 Å². The number of hydrogen-bond acceptors (Lipinski definition) is 3. The maximum absolute atomic E-state index is 6.00. The van der Waals surface area contributed by atoms with E-state index in [1.807, 2.05) is 6.08 Å². The molecule has 0 saturated carbocycles. The molecule has 1 atom stereocenters. The average molecular weight is 379 g/mol. The summed E-state index contributed by atoms with van der Waals surface area (Å²) in [6.07, 6.45) is 4.08. The fraction of sp³-hybridized carbons (Fsp3) is 0.440. The van der Waals surface area contributed by atoms with E-state index < -0.39 is 0 Å². The summed E-state index contributed by atoms with van der Waals surface area (Å²) < 4.78 is 17.2. The van der Waals surface area contributed by atoms with Crippen molar-refractivity contribution in [3.05, 3.63) is 76.9 Å². The van der Waals surface area contributed by atoms with Gasteiger partial charge in [-0.1, -0.05) is 62.0 Å². The zero-order valence-corrected chi connectivity index (χ0v) is 16.8. The van der Waals surface area contributed by atoms with Crippen LogP contribution in [-0.2, 0) is 40.3 Å². The van der Waals surface area contributed by atoms with Crippen LogP contribution in [0.15, 0.2) is 49.0 Å². The molecule has 148 valence electrons. The summed E-state index contributed by atoms with van der Waals surface area (Å²) in [5.74, 6) is 0.574. The van der Waals surface area contributed by atoms with E-state index >= 15 is 0 Å². The van der Waals surface area contributed by atoms with Gasteiger partial charge in [0, 0.05) is 5.41 Å². The SMILES string of the molecule is C=Cc1ccc(COCC2Cc3ccc(COCC4(C)COC4)cc3C2)cc1. The molecule has 1 aliphatic heterocycles. The molecule has 1 unspecified atom stereocenters. The van der Waals surface area contributed by atoms with Crippen molar-refractivity contribution in [2.45, 2.75) is 33.0 Å². The monoisotopic (exact) mass is 378 g/mol. The summed E-state index contributed by atoms with van der Waals surface area (Å²) in [5, 5.41) is 0. The molecule has 3 heteroatoms. The average Bonchev–Trinajstić information content (AvgIpc) is 3.09. The summed E-state index contributed by atoms with van der Waals surface area (Å²) in [6.45, 7) is 10.6.